The topological polar surface area (TPSA) is 216 Å². The van der Waals surface area contributed by atoms with Gasteiger partial charge in [0.05, 0.1) is 22.7 Å². The van der Waals surface area contributed by atoms with Crippen molar-refractivity contribution in [3.63, 3.8) is 0 Å². The number of aromatic hydroxyl groups is 2. The van der Waals surface area contributed by atoms with Gasteiger partial charge in [-0.1, -0.05) is 16.6 Å². The molecule has 13 nitrogen and oxygen atoms in total. The van der Waals surface area contributed by atoms with Crippen LogP contribution in [0.2, 0.25) is 5.02 Å². The SMILES string of the molecule is O=P(O)(O)c1cc(Cl)ccc1N=Nc1c(S(=O)(=O)O)cc2cc(SOOO)cc(O)c2c1O. The van der Waals surface area contributed by atoms with Gasteiger partial charge in [0, 0.05) is 9.92 Å². The van der Waals surface area contributed by atoms with Gasteiger partial charge in [-0.15, -0.1) is 14.6 Å². The van der Waals surface area contributed by atoms with Crippen molar-refractivity contribution in [2.24, 2.45) is 10.2 Å². The van der Waals surface area contributed by atoms with Crippen molar-refractivity contribution in [2.75, 3.05) is 0 Å². The summed E-state index contributed by atoms with van der Waals surface area (Å²) in [6, 6.07) is 6.42. The summed E-state index contributed by atoms with van der Waals surface area (Å²) >= 11 is 6.18. The first-order valence-corrected chi connectivity index (χ1v) is 12.4. The molecule has 0 aliphatic rings. The smallest absolute Gasteiger partial charge is 0.358 e. The van der Waals surface area contributed by atoms with Crippen LogP contribution < -0.4 is 5.30 Å². The van der Waals surface area contributed by atoms with Crippen LogP contribution in [-0.4, -0.2) is 38.2 Å². The fourth-order valence-electron chi connectivity index (χ4n) is 2.75. The summed E-state index contributed by atoms with van der Waals surface area (Å²) in [5, 5.41) is 38.7. The average molecular weight is 539 g/mol. The fourth-order valence-corrected chi connectivity index (χ4v) is 4.83. The number of halogens is 1. The van der Waals surface area contributed by atoms with Crippen LogP contribution in [0.3, 0.4) is 0 Å². The first-order valence-electron chi connectivity index (χ1n) is 8.25. The number of nitrogens with zero attached hydrogens (tertiary/aromatic N) is 2. The summed E-state index contributed by atoms with van der Waals surface area (Å²) in [5.41, 5.74) is -1.21. The Morgan fingerprint density at radius 1 is 1.06 bits per heavy atom. The maximum atomic E-state index is 11.9. The molecule has 0 spiro atoms. The van der Waals surface area contributed by atoms with Crippen LogP contribution in [0, 0.1) is 0 Å². The number of phenols is 2. The van der Waals surface area contributed by atoms with Crippen LogP contribution in [0.1, 0.15) is 0 Å². The summed E-state index contributed by atoms with van der Waals surface area (Å²) in [4.78, 5) is 18.2. The van der Waals surface area contributed by atoms with Crippen LogP contribution >= 0.6 is 31.2 Å². The molecule has 0 saturated carbocycles. The lowest BCUT2D eigenvalue weighted by Gasteiger charge is -2.12. The maximum absolute atomic E-state index is 11.9. The number of hydrogen-bond donors (Lipinski definition) is 6. The highest BCUT2D eigenvalue weighted by atomic mass is 35.5. The van der Waals surface area contributed by atoms with Crippen LogP contribution in [0.15, 0.2) is 56.4 Å². The molecule has 3 aromatic rings. The van der Waals surface area contributed by atoms with Crippen molar-refractivity contribution in [1.29, 1.82) is 0 Å². The highest BCUT2D eigenvalue weighted by Gasteiger charge is 2.25. The summed E-state index contributed by atoms with van der Waals surface area (Å²) in [5.74, 6) is -1.49. The molecule has 0 aliphatic carbocycles. The Kier molecular flexibility index (Phi) is 7.30. The molecule has 0 aromatic heterocycles. The molecular formula is C16H12ClN2O11PS2. The van der Waals surface area contributed by atoms with Gasteiger partial charge in [0.15, 0.2) is 5.75 Å². The van der Waals surface area contributed by atoms with Crippen molar-refractivity contribution < 1.29 is 52.2 Å². The molecule has 0 fully saturated rings. The monoisotopic (exact) mass is 538 g/mol. The number of phenolic OH excluding ortho intramolecular Hbond substituents is 2. The van der Waals surface area contributed by atoms with Gasteiger partial charge >= 0.3 is 7.60 Å². The lowest BCUT2D eigenvalue weighted by atomic mass is 10.1. The number of fused-ring (bicyclic) bond motifs is 1. The first kappa shape index (κ1) is 25.3. The molecular weight excluding hydrogens is 527 g/mol. The van der Waals surface area contributed by atoms with E-state index in [4.69, 9.17) is 16.9 Å². The van der Waals surface area contributed by atoms with E-state index < -0.39 is 50.8 Å². The van der Waals surface area contributed by atoms with Gasteiger partial charge in [-0.05, 0) is 41.8 Å². The molecule has 0 unspecified atom stereocenters. The lowest BCUT2D eigenvalue weighted by molar-refractivity contribution is -0.432. The van der Waals surface area contributed by atoms with Crippen molar-refractivity contribution >= 4 is 68.8 Å². The van der Waals surface area contributed by atoms with E-state index in [9.17, 15) is 37.5 Å². The van der Waals surface area contributed by atoms with Crippen molar-refractivity contribution in [3.05, 3.63) is 41.4 Å². The molecule has 33 heavy (non-hydrogen) atoms. The average Bonchev–Trinajstić information content (AvgIpc) is 2.70. The summed E-state index contributed by atoms with van der Waals surface area (Å²) < 4.78 is 49.4. The second-order valence-corrected chi connectivity index (χ2v) is 10.4. The maximum Gasteiger partial charge on any atom is 0.358 e. The molecule has 0 bridgehead atoms. The van der Waals surface area contributed by atoms with E-state index in [-0.39, 0.29) is 20.7 Å². The molecule has 0 amide bonds. The molecule has 0 heterocycles. The highest BCUT2D eigenvalue weighted by molar-refractivity contribution is 7.94. The quantitative estimate of drug-likeness (QED) is 0.0632. The Bertz CT molecular complexity index is 1430. The van der Waals surface area contributed by atoms with Gasteiger partial charge in [0.2, 0.25) is 0 Å². The Hall–Kier alpha value is -2.30. The van der Waals surface area contributed by atoms with E-state index in [1.807, 2.05) is 0 Å². The number of azo groups is 1. The van der Waals surface area contributed by atoms with Gasteiger partial charge in [-0.3, -0.25) is 9.12 Å². The predicted molar refractivity (Wildman–Crippen MR) is 115 cm³/mol. The normalized spacial score (nSPS) is 12.6. The molecule has 0 saturated heterocycles. The van der Waals surface area contributed by atoms with Crippen molar-refractivity contribution in [3.8, 4) is 11.5 Å². The standard InChI is InChI=1S/C16H12ClN2O11PS2/c17-8-1-2-10(12(5-8)31(23,24)25)18-19-15-13(33(26,27)28)4-7-3-9(32-30-29-22)6-11(20)14(7)16(15)21/h1-6,20-22H,(H2,23,24,25)(H,26,27,28). The predicted octanol–water partition coefficient (Wildman–Crippen LogP) is 3.80. The molecule has 6 N–H and O–H groups in total. The van der Waals surface area contributed by atoms with Crippen molar-refractivity contribution in [2.45, 2.75) is 9.79 Å². The zero-order valence-electron chi connectivity index (χ0n) is 15.7. The van der Waals surface area contributed by atoms with Crippen LogP contribution in [0.25, 0.3) is 10.8 Å². The summed E-state index contributed by atoms with van der Waals surface area (Å²) in [7, 11) is -9.89. The van der Waals surface area contributed by atoms with Gasteiger partial charge in [0.1, 0.15) is 22.0 Å². The van der Waals surface area contributed by atoms with Gasteiger partial charge in [-0.2, -0.15) is 8.42 Å². The van der Waals surface area contributed by atoms with E-state index in [0.717, 1.165) is 24.3 Å². The van der Waals surface area contributed by atoms with Gasteiger partial charge in [0.25, 0.3) is 10.1 Å². The van der Waals surface area contributed by atoms with Crippen LogP contribution in [0.5, 0.6) is 11.5 Å². The minimum absolute atomic E-state index is 0.0198. The first-order chi connectivity index (χ1) is 15.3. The largest absolute Gasteiger partial charge is 0.507 e. The lowest BCUT2D eigenvalue weighted by Crippen LogP contribution is -2.04. The third kappa shape index (κ3) is 5.62. The molecule has 0 radical (unpaired) electrons. The Balaban J connectivity index is 2.26. The van der Waals surface area contributed by atoms with Crippen LogP contribution in [-0.2, 0) is 24.1 Å². The second kappa shape index (κ2) is 9.52. The molecule has 0 atom stereocenters. The third-order valence-corrected chi connectivity index (χ3v) is 6.70. The molecule has 0 aliphatic heterocycles. The van der Waals surface area contributed by atoms with Gasteiger partial charge < -0.3 is 20.0 Å². The van der Waals surface area contributed by atoms with Gasteiger partial charge in [-0.25, -0.2) is 5.26 Å². The molecule has 17 heteroatoms. The van der Waals surface area contributed by atoms with E-state index in [1.165, 1.54) is 12.1 Å². The molecule has 3 aromatic carbocycles. The highest BCUT2D eigenvalue weighted by Crippen LogP contribution is 2.46. The third-order valence-electron chi connectivity index (χ3n) is 4.05. The Morgan fingerprint density at radius 2 is 1.76 bits per heavy atom. The Labute approximate surface area is 193 Å². The van der Waals surface area contributed by atoms with Crippen molar-refractivity contribution in [1.82, 2.24) is 0 Å². The number of rotatable bonds is 7. The second-order valence-electron chi connectivity index (χ2n) is 6.19. The van der Waals surface area contributed by atoms with E-state index in [0.29, 0.717) is 12.0 Å². The molecule has 3 rings (SSSR count). The number of benzene rings is 3. The van der Waals surface area contributed by atoms with Crippen LogP contribution in [0.4, 0.5) is 11.4 Å². The zero-order chi connectivity index (χ0) is 24.6. The molecule has 176 valence electrons. The van der Waals surface area contributed by atoms with E-state index in [1.54, 1.807) is 0 Å². The Morgan fingerprint density at radius 3 is 2.36 bits per heavy atom. The zero-order valence-corrected chi connectivity index (χ0v) is 19.0. The summed E-state index contributed by atoms with van der Waals surface area (Å²) in [6.45, 7) is 0. The fraction of sp³-hybridized carbons (Fsp3) is 0. The van der Waals surface area contributed by atoms with E-state index in [2.05, 4.69) is 19.6 Å². The summed E-state index contributed by atoms with van der Waals surface area (Å²) in [6.07, 6.45) is 0. The minimum atomic E-state index is -5.01. The minimum Gasteiger partial charge on any atom is -0.507 e. The number of hydrogen-bond acceptors (Lipinski definition) is 11. The van der Waals surface area contributed by atoms with E-state index >= 15 is 0 Å².